The molecule has 0 aliphatic carbocycles. The highest BCUT2D eigenvalue weighted by Crippen LogP contribution is 2.29. The van der Waals surface area contributed by atoms with Gasteiger partial charge in [-0.3, -0.25) is 4.79 Å². The Morgan fingerprint density at radius 1 is 0.974 bits per heavy atom. The number of aryl methyl sites for hydroxylation is 1. The quantitative estimate of drug-likeness (QED) is 0.274. The van der Waals surface area contributed by atoms with Crippen LogP contribution in [-0.4, -0.2) is 31.0 Å². The molecule has 1 amide bonds. The minimum atomic E-state index is -0.935. The second kappa shape index (κ2) is 24.1. The van der Waals surface area contributed by atoms with Gasteiger partial charge in [-0.1, -0.05) is 87.1 Å². The zero-order valence-electron chi connectivity index (χ0n) is 25.7. The highest BCUT2D eigenvalue weighted by Gasteiger charge is 2.15. The molecule has 2 aromatic carbocycles. The van der Waals surface area contributed by atoms with Gasteiger partial charge in [0.2, 0.25) is 11.7 Å². The van der Waals surface area contributed by atoms with Crippen molar-refractivity contribution in [1.82, 2.24) is 4.90 Å². The number of hydrogen-bond donors (Lipinski definition) is 0. The molecule has 0 unspecified atom stereocenters. The number of nitrogens with zero attached hydrogens (tertiary/aromatic N) is 1. The summed E-state index contributed by atoms with van der Waals surface area (Å²) in [5.74, 6) is -1.71. The van der Waals surface area contributed by atoms with E-state index in [0.717, 1.165) is 24.1 Å². The highest BCUT2D eigenvalue weighted by atomic mass is 19.2. The second-order valence-corrected chi connectivity index (χ2v) is 8.40. The Kier molecular flexibility index (Phi) is 25.0. The van der Waals surface area contributed by atoms with E-state index in [2.05, 4.69) is 40.0 Å². The first-order valence-electron chi connectivity index (χ1n) is 13.1. The molecule has 3 nitrogen and oxygen atoms in total. The Bertz CT molecular complexity index is 960. The van der Waals surface area contributed by atoms with Crippen LogP contribution in [0.5, 0.6) is 5.75 Å². The number of hydrogen-bond acceptors (Lipinski definition) is 2. The van der Waals surface area contributed by atoms with Gasteiger partial charge in [-0.15, -0.1) is 0 Å². The summed E-state index contributed by atoms with van der Waals surface area (Å²) < 4.78 is 32.6. The molecular weight excluding hydrogens is 480 g/mol. The summed E-state index contributed by atoms with van der Waals surface area (Å²) in [7, 11) is 1.81. The van der Waals surface area contributed by atoms with Gasteiger partial charge in [-0.05, 0) is 65.7 Å². The van der Waals surface area contributed by atoms with Crippen molar-refractivity contribution in [2.75, 3.05) is 20.2 Å². The van der Waals surface area contributed by atoms with Crippen molar-refractivity contribution in [3.63, 3.8) is 0 Å². The number of amides is 1. The molecule has 0 saturated heterocycles. The first kappa shape index (κ1) is 39.3. The summed E-state index contributed by atoms with van der Waals surface area (Å²) >= 11 is 0. The Morgan fingerprint density at radius 2 is 1.45 bits per heavy atom. The van der Waals surface area contributed by atoms with E-state index in [-0.39, 0.29) is 17.2 Å². The summed E-state index contributed by atoms with van der Waals surface area (Å²) in [6, 6.07) is 10.3. The van der Waals surface area contributed by atoms with Gasteiger partial charge in [-0.2, -0.15) is 4.39 Å². The van der Waals surface area contributed by atoms with Crippen LogP contribution < -0.4 is 4.74 Å². The maximum Gasteiger partial charge on any atom is 0.219 e. The molecular formula is C33H51F2NO2. The van der Waals surface area contributed by atoms with Gasteiger partial charge in [0, 0.05) is 26.1 Å². The van der Waals surface area contributed by atoms with Crippen LogP contribution in [0.15, 0.2) is 72.9 Å². The largest absolute Gasteiger partial charge is 0.491 e. The number of halogens is 2. The molecule has 0 radical (unpaired) electrons. The first-order valence-corrected chi connectivity index (χ1v) is 13.1. The maximum atomic E-state index is 13.9. The third-order valence-corrected chi connectivity index (χ3v) is 4.73. The minimum Gasteiger partial charge on any atom is -0.491 e. The zero-order valence-corrected chi connectivity index (χ0v) is 25.7. The van der Waals surface area contributed by atoms with E-state index in [1.165, 1.54) is 17.7 Å². The van der Waals surface area contributed by atoms with Crippen molar-refractivity contribution in [2.24, 2.45) is 0 Å². The van der Waals surface area contributed by atoms with Crippen LogP contribution in [0.2, 0.25) is 0 Å². The molecule has 5 heteroatoms. The van der Waals surface area contributed by atoms with Crippen molar-refractivity contribution in [3.05, 3.63) is 90.1 Å². The smallest absolute Gasteiger partial charge is 0.219 e. The van der Waals surface area contributed by atoms with Crippen molar-refractivity contribution in [3.8, 4) is 16.9 Å². The van der Waals surface area contributed by atoms with E-state index in [1.54, 1.807) is 37.0 Å². The van der Waals surface area contributed by atoms with Gasteiger partial charge >= 0.3 is 0 Å². The van der Waals surface area contributed by atoms with Gasteiger partial charge < -0.3 is 9.64 Å². The fourth-order valence-corrected chi connectivity index (χ4v) is 2.25. The monoisotopic (exact) mass is 531 g/mol. The first-order chi connectivity index (χ1) is 17.9. The fraction of sp³-hybridized carbons (Fsp3) is 0.424. The number of benzene rings is 2. The predicted octanol–water partition coefficient (Wildman–Crippen LogP) is 9.96. The summed E-state index contributed by atoms with van der Waals surface area (Å²) in [6.45, 7) is 27.6. The molecule has 0 saturated carbocycles. The zero-order chi connectivity index (χ0) is 30.3. The molecule has 214 valence electrons. The van der Waals surface area contributed by atoms with Crippen LogP contribution in [-0.2, 0) is 4.79 Å². The number of ether oxygens (including phenoxy) is 1. The Balaban J connectivity index is -0.000000509. The summed E-state index contributed by atoms with van der Waals surface area (Å²) in [6.07, 6.45) is 4.84. The number of carbonyl (C=O) groups excluding carboxylic acids is 1. The van der Waals surface area contributed by atoms with Crippen LogP contribution >= 0.6 is 0 Å². The molecule has 2 aromatic rings. The summed E-state index contributed by atoms with van der Waals surface area (Å²) in [5, 5.41) is 0. The number of rotatable bonds is 6. The van der Waals surface area contributed by atoms with E-state index in [1.807, 2.05) is 53.8 Å². The van der Waals surface area contributed by atoms with Crippen molar-refractivity contribution in [1.29, 1.82) is 0 Å². The Labute approximate surface area is 231 Å². The van der Waals surface area contributed by atoms with Crippen molar-refractivity contribution < 1.29 is 18.3 Å². The topological polar surface area (TPSA) is 29.5 Å². The lowest BCUT2D eigenvalue weighted by molar-refractivity contribution is -0.127. The maximum absolute atomic E-state index is 13.9. The third-order valence-electron chi connectivity index (χ3n) is 4.73. The number of allylic oxidation sites excluding steroid dienone is 4. The van der Waals surface area contributed by atoms with Gasteiger partial charge in [0.05, 0.1) is 6.61 Å². The molecule has 0 spiro atoms. The molecule has 0 atom stereocenters. The minimum absolute atomic E-state index is 0.0501. The molecule has 2 rings (SSSR count). The summed E-state index contributed by atoms with van der Waals surface area (Å²) in [4.78, 5) is 12.2. The third kappa shape index (κ3) is 19.0. The van der Waals surface area contributed by atoms with E-state index in [0.29, 0.717) is 12.2 Å². The fourth-order valence-electron chi connectivity index (χ4n) is 2.25. The molecule has 0 fully saturated rings. The average molecular weight is 532 g/mol. The van der Waals surface area contributed by atoms with Gasteiger partial charge in [0.25, 0.3) is 0 Å². The molecule has 0 N–H and O–H groups in total. The molecule has 0 bridgehead atoms. The Hall–Kier alpha value is -3.21. The van der Waals surface area contributed by atoms with Crippen molar-refractivity contribution in [2.45, 2.75) is 75.7 Å². The average Bonchev–Trinajstić information content (AvgIpc) is 2.90. The van der Waals surface area contributed by atoms with Crippen LogP contribution in [0.4, 0.5) is 8.78 Å². The summed E-state index contributed by atoms with van der Waals surface area (Å²) in [5.41, 5.74) is 4.37. The highest BCUT2D eigenvalue weighted by molar-refractivity contribution is 5.72. The predicted molar refractivity (Wildman–Crippen MR) is 163 cm³/mol. The van der Waals surface area contributed by atoms with Gasteiger partial charge in [-0.25, -0.2) is 4.39 Å². The Morgan fingerprint density at radius 3 is 1.76 bits per heavy atom. The van der Waals surface area contributed by atoms with Crippen LogP contribution in [0, 0.1) is 18.6 Å². The SMILES string of the molecule is C=CC(=C)C.CC.CC=C(C)C.CCCN(C)C(C)=O.CCOc1ccc(-c2ccc(C)cc2)c(F)c1F. The van der Waals surface area contributed by atoms with Crippen LogP contribution in [0.1, 0.15) is 74.3 Å². The van der Waals surface area contributed by atoms with Crippen molar-refractivity contribution >= 4 is 5.91 Å². The van der Waals surface area contributed by atoms with E-state index in [4.69, 9.17) is 4.74 Å². The standard InChI is InChI=1S/C15H14F2O.C6H13NO.C5H10.C5H8.C2H6/c1-3-18-13-9-8-12(14(16)15(13)17)11-6-4-10(2)5-7-11;1-4-5-7(3)6(2)8;2*1-4-5(2)3;1-2/h4-9H,3H2,1-2H3;4-5H2,1-3H3;4H,1-3H3;4H,1-2H2,3H3;1-2H3. The van der Waals surface area contributed by atoms with Gasteiger partial charge in [0.1, 0.15) is 0 Å². The lowest BCUT2D eigenvalue weighted by Crippen LogP contribution is -2.24. The van der Waals surface area contributed by atoms with Gasteiger partial charge in [0.15, 0.2) is 11.6 Å². The normalized spacial score (nSPS) is 8.76. The molecule has 0 heterocycles. The lowest BCUT2D eigenvalue weighted by Gasteiger charge is -2.11. The number of carbonyl (C=O) groups is 1. The molecule has 0 aliphatic heterocycles. The molecule has 0 aliphatic rings. The van der Waals surface area contributed by atoms with E-state index >= 15 is 0 Å². The van der Waals surface area contributed by atoms with E-state index < -0.39 is 11.6 Å². The van der Waals surface area contributed by atoms with Crippen LogP contribution in [0.25, 0.3) is 11.1 Å². The van der Waals surface area contributed by atoms with E-state index in [9.17, 15) is 13.6 Å². The lowest BCUT2D eigenvalue weighted by atomic mass is 10.0. The molecule has 0 aromatic heterocycles. The molecule has 38 heavy (non-hydrogen) atoms. The van der Waals surface area contributed by atoms with Crippen LogP contribution in [0.3, 0.4) is 0 Å². The second-order valence-electron chi connectivity index (χ2n) is 8.40.